The van der Waals surface area contributed by atoms with Crippen molar-refractivity contribution < 1.29 is 9.59 Å². The van der Waals surface area contributed by atoms with Gasteiger partial charge in [-0.2, -0.15) is 5.10 Å². The lowest BCUT2D eigenvalue weighted by Crippen LogP contribution is -2.42. The molecular formula is C16H20N4O2. The van der Waals surface area contributed by atoms with E-state index in [1.165, 1.54) is 0 Å². The number of amides is 2. The van der Waals surface area contributed by atoms with Gasteiger partial charge >= 0.3 is 0 Å². The number of nitrogens with zero attached hydrogens (tertiary/aromatic N) is 2. The Hall–Kier alpha value is -2.63. The Morgan fingerprint density at radius 1 is 1.09 bits per heavy atom. The largest absolute Gasteiger partial charge is 0.273 e. The minimum Gasteiger partial charge on any atom is -0.272 e. The predicted molar refractivity (Wildman–Crippen MR) is 83.4 cm³/mol. The number of hydrazine groups is 1. The van der Waals surface area contributed by atoms with Crippen molar-refractivity contribution in [1.82, 2.24) is 20.6 Å². The zero-order chi connectivity index (χ0) is 16.3. The van der Waals surface area contributed by atoms with Gasteiger partial charge in [-0.3, -0.25) is 25.1 Å². The SMILES string of the molecule is CCc1ccc(C(=O)NNC(=O)c2c(C)nn(C)c2C)cc1. The van der Waals surface area contributed by atoms with Crippen molar-refractivity contribution in [2.45, 2.75) is 27.2 Å². The molecule has 6 nitrogen and oxygen atoms in total. The third-order valence-corrected chi connectivity index (χ3v) is 3.65. The summed E-state index contributed by atoms with van der Waals surface area (Å²) in [6.45, 7) is 5.61. The van der Waals surface area contributed by atoms with E-state index in [1.807, 2.05) is 19.1 Å². The van der Waals surface area contributed by atoms with Crippen LogP contribution >= 0.6 is 0 Å². The van der Waals surface area contributed by atoms with Crippen molar-refractivity contribution in [3.05, 3.63) is 52.3 Å². The van der Waals surface area contributed by atoms with Crippen LogP contribution in [0, 0.1) is 13.8 Å². The van der Waals surface area contributed by atoms with Gasteiger partial charge in [0.25, 0.3) is 11.8 Å². The normalized spacial score (nSPS) is 10.4. The molecule has 0 radical (unpaired) electrons. The Bertz CT molecular complexity index is 702. The summed E-state index contributed by atoms with van der Waals surface area (Å²) in [7, 11) is 1.77. The van der Waals surface area contributed by atoms with E-state index >= 15 is 0 Å². The van der Waals surface area contributed by atoms with Gasteiger partial charge in [0.15, 0.2) is 0 Å². The molecule has 1 aromatic heterocycles. The highest BCUT2D eigenvalue weighted by Crippen LogP contribution is 2.11. The van der Waals surface area contributed by atoms with Gasteiger partial charge in [0.1, 0.15) is 0 Å². The number of aromatic nitrogens is 2. The van der Waals surface area contributed by atoms with Crippen LogP contribution in [0.3, 0.4) is 0 Å². The molecule has 6 heteroatoms. The van der Waals surface area contributed by atoms with E-state index in [2.05, 4.69) is 16.0 Å². The van der Waals surface area contributed by atoms with Crippen molar-refractivity contribution >= 4 is 11.8 Å². The highest BCUT2D eigenvalue weighted by Gasteiger charge is 2.17. The van der Waals surface area contributed by atoms with E-state index in [9.17, 15) is 9.59 Å². The molecule has 2 amide bonds. The molecule has 116 valence electrons. The topological polar surface area (TPSA) is 76.0 Å². The Kier molecular flexibility index (Phi) is 4.60. The van der Waals surface area contributed by atoms with Gasteiger partial charge in [-0.1, -0.05) is 19.1 Å². The van der Waals surface area contributed by atoms with Gasteiger partial charge < -0.3 is 0 Å². The third kappa shape index (κ3) is 3.16. The number of benzene rings is 1. The van der Waals surface area contributed by atoms with E-state index < -0.39 is 0 Å². The molecular weight excluding hydrogens is 280 g/mol. The summed E-state index contributed by atoms with van der Waals surface area (Å²) in [5.74, 6) is -0.725. The summed E-state index contributed by atoms with van der Waals surface area (Å²) < 4.78 is 1.63. The van der Waals surface area contributed by atoms with Crippen molar-refractivity contribution in [1.29, 1.82) is 0 Å². The Labute approximate surface area is 129 Å². The molecule has 0 aliphatic carbocycles. The zero-order valence-electron chi connectivity index (χ0n) is 13.2. The van der Waals surface area contributed by atoms with Gasteiger partial charge in [-0.25, -0.2) is 0 Å². The van der Waals surface area contributed by atoms with Gasteiger partial charge in [0.05, 0.1) is 11.3 Å². The first-order chi connectivity index (χ1) is 10.4. The average Bonchev–Trinajstić information content (AvgIpc) is 2.77. The van der Waals surface area contributed by atoms with Crippen LogP contribution in [0.15, 0.2) is 24.3 Å². The second kappa shape index (κ2) is 6.43. The Morgan fingerprint density at radius 2 is 1.68 bits per heavy atom. The summed E-state index contributed by atoms with van der Waals surface area (Å²) in [5, 5.41) is 4.18. The van der Waals surface area contributed by atoms with E-state index in [1.54, 1.807) is 37.7 Å². The minimum atomic E-state index is -0.373. The molecule has 1 heterocycles. The highest BCUT2D eigenvalue weighted by atomic mass is 16.2. The number of hydrogen-bond donors (Lipinski definition) is 2. The number of rotatable bonds is 3. The maximum absolute atomic E-state index is 12.2. The lowest BCUT2D eigenvalue weighted by atomic mass is 10.1. The van der Waals surface area contributed by atoms with E-state index in [0.717, 1.165) is 17.7 Å². The molecule has 0 spiro atoms. The number of nitrogens with one attached hydrogen (secondary N) is 2. The van der Waals surface area contributed by atoms with E-state index in [0.29, 0.717) is 16.8 Å². The molecule has 0 aliphatic heterocycles. The Morgan fingerprint density at radius 3 is 2.18 bits per heavy atom. The minimum absolute atomic E-state index is 0.352. The highest BCUT2D eigenvalue weighted by molar-refractivity contribution is 6.00. The van der Waals surface area contributed by atoms with Crippen LogP contribution in [0.4, 0.5) is 0 Å². The molecule has 0 aliphatic rings. The van der Waals surface area contributed by atoms with E-state index in [-0.39, 0.29) is 11.8 Å². The number of hydrogen-bond acceptors (Lipinski definition) is 3. The zero-order valence-corrected chi connectivity index (χ0v) is 13.2. The van der Waals surface area contributed by atoms with Gasteiger partial charge in [0, 0.05) is 18.3 Å². The summed E-state index contributed by atoms with van der Waals surface area (Å²) in [6.07, 6.45) is 0.915. The fourth-order valence-corrected chi connectivity index (χ4v) is 2.24. The molecule has 1 aromatic carbocycles. The van der Waals surface area contributed by atoms with E-state index in [4.69, 9.17) is 0 Å². The lowest BCUT2D eigenvalue weighted by Gasteiger charge is -2.08. The molecule has 0 bridgehead atoms. The smallest absolute Gasteiger partial charge is 0.272 e. The Balaban J connectivity index is 2.02. The van der Waals surface area contributed by atoms with Gasteiger partial charge in [0.2, 0.25) is 0 Å². The second-order valence-electron chi connectivity index (χ2n) is 5.13. The fraction of sp³-hybridized carbons (Fsp3) is 0.312. The van der Waals surface area contributed by atoms with Crippen LogP contribution in [-0.2, 0) is 13.5 Å². The molecule has 0 atom stereocenters. The molecule has 0 saturated heterocycles. The molecule has 2 N–H and O–H groups in total. The quantitative estimate of drug-likeness (QED) is 0.847. The van der Waals surface area contributed by atoms with Crippen molar-refractivity contribution in [2.75, 3.05) is 0 Å². The van der Waals surface area contributed by atoms with Crippen LogP contribution in [0.5, 0.6) is 0 Å². The molecule has 2 rings (SSSR count). The average molecular weight is 300 g/mol. The standard InChI is InChI=1S/C16H20N4O2/c1-5-12-6-8-13(9-7-12)15(21)17-18-16(22)14-10(2)19-20(4)11(14)3/h6-9H,5H2,1-4H3,(H,17,21)(H,18,22). The van der Waals surface area contributed by atoms with Crippen molar-refractivity contribution in [2.24, 2.45) is 7.05 Å². The maximum atomic E-state index is 12.2. The maximum Gasteiger partial charge on any atom is 0.273 e. The first-order valence-corrected chi connectivity index (χ1v) is 7.13. The molecule has 0 fully saturated rings. The summed E-state index contributed by atoms with van der Waals surface area (Å²) in [6, 6.07) is 7.26. The van der Waals surface area contributed by atoms with Crippen molar-refractivity contribution in [3.63, 3.8) is 0 Å². The molecule has 0 saturated carbocycles. The van der Waals surface area contributed by atoms with Crippen LogP contribution in [-0.4, -0.2) is 21.6 Å². The van der Waals surface area contributed by atoms with Crippen LogP contribution in [0.1, 0.15) is 44.6 Å². The monoisotopic (exact) mass is 300 g/mol. The summed E-state index contributed by atoms with van der Waals surface area (Å²) in [5.41, 5.74) is 8.35. The second-order valence-corrected chi connectivity index (χ2v) is 5.13. The number of carbonyl (C=O) groups is 2. The van der Waals surface area contributed by atoms with Crippen LogP contribution in [0.2, 0.25) is 0 Å². The summed E-state index contributed by atoms with van der Waals surface area (Å²) in [4.78, 5) is 24.2. The molecule has 22 heavy (non-hydrogen) atoms. The number of carbonyl (C=O) groups excluding carboxylic acids is 2. The summed E-state index contributed by atoms with van der Waals surface area (Å²) >= 11 is 0. The third-order valence-electron chi connectivity index (χ3n) is 3.65. The van der Waals surface area contributed by atoms with Crippen LogP contribution in [0.25, 0.3) is 0 Å². The number of aryl methyl sites for hydroxylation is 3. The first-order valence-electron chi connectivity index (χ1n) is 7.13. The lowest BCUT2D eigenvalue weighted by molar-refractivity contribution is 0.0846. The predicted octanol–water partition coefficient (Wildman–Crippen LogP) is 1.67. The molecule has 0 unspecified atom stereocenters. The molecule has 2 aromatic rings. The van der Waals surface area contributed by atoms with Crippen LogP contribution < -0.4 is 10.9 Å². The van der Waals surface area contributed by atoms with Gasteiger partial charge in [-0.15, -0.1) is 0 Å². The van der Waals surface area contributed by atoms with Gasteiger partial charge in [-0.05, 0) is 38.0 Å². The first kappa shape index (κ1) is 15.8. The fourth-order valence-electron chi connectivity index (χ4n) is 2.24. The van der Waals surface area contributed by atoms with Crippen molar-refractivity contribution in [3.8, 4) is 0 Å².